The van der Waals surface area contributed by atoms with Gasteiger partial charge in [-0.15, -0.1) is 0 Å². The first kappa shape index (κ1) is 28.8. The van der Waals surface area contributed by atoms with Gasteiger partial charge in [0.05, 0.1) is 0 Å². The van der Waals surface area contributed by atoms with E-state index in [-0.39, 0.29) is 0 Å². The second-order valence-corrected chi connectivity index (χ2v) is 13.4. The SMILES string of the molecule is c1ccc(C2=NC(c3cccc4c3oc3ccccc34)NC(c3ccc(-c4ccc5ccccc5c4)c4oc5cc6ccccc6cc5c34)=N2)cc1. The number of rotatable bonds is 4. The Labute approximate surface area is 298 Å². The summed E-state index contributed by atoms with van der Waals surface area (Å²) in [6.07, 6.45) is -0.457. The number of nitrogens with zero attached hydrogens (tertiary/aromatic N) is 2. The minimum Gasteiger partial charge on any atom is -0.456 e. The van der Waals surface area contributed by atoms with Crippen LogP contribution in [0.4, 0.5) is 0 Å². The zero-order valence-corrected chi connectivity index (χ0v) is 27.9. The number of benzene rings is 8. The summed E-state index contributed by atoms with van der Waals surface area (Å²) < 4.78 is 13.4. The molecule has 3 heterocycles. The van der Waals surface area contributed by atoms with Crippen LogP contribution >= 0.6 is 0 Å². The van der Waals surface area contributed by atoms with Gasteiger partial charge in [0, 0.05) is 43.8 Å². The molecule has 1 aliphatic rings. The lowest BCUT2D eigenvalue weighted by atomic mass is 9.95. The number of hydrogen-bond acceptors (Lipinski definition) is 5. The van der Waals surface area contributed by atoms with Crippen molar-refractivity contribution in [3.63, 3.8) is 0 Å². The number of fused-ring (bicyclic) bond motifs is 8. The van der Waals surface area contributed by atoms with Gasteiger partial charge >= 0.3 is 0 Å². The van der Waals surface area contributed by atoms with Gasteiger partial charge in [0.1, 0.15) is 28.2 Å². The molecule has 10 aromatic rings. The van der Waals surface area contributed by atoms with Crippen LogP contribution in [0.15, 0.2) is 183 Å². The van der Waals surface area contributed by atoms with Crippen LogP contribution in [-0.4, -0.2) is 11.7 Å². The van der Waals surface area contributed by atoms with Crippen LogP contribution in [0.25, 0.3) is 76.5 Å². The Morgan fingerprint density at radius 3 is 2.02 bits per heavy atom. The standard InChI is InChI=1S/C47H29N3O2/c1-2-12-29(13-3-1)45-48-46(50-47(49-45)38-19-10-18-36-35-17-8-9-20-40(35)51-43(36)38)37-24-23-34(33-22-21-28-11-4-5-14-30(28)25-33)44-42(37)39-26-31-15-6-7-16-32(31)27-41(39)52-44/h1-27,47H,(H,48,49,50). The summed E-state index contributed by atoms with van der Waals surface area (Å²) >= 11 is 0. The average Bonchev–Trinajstić information content (AvgIpc) is 3.78. The molecular weight excluding hydrogens is 639 g/mol. The molecule has 0 bridgehead atoms. The van der Waals surface area contributed by atoms with Gasteiger partial charge in [-0.05, 0) is 63.5 Å². The van der Waals surface area contributed by atoms with Crippen molar-refractivity contribution in [2.75, 3.05) is 0 Å². The highest BCUT2D eigenvalue weighted by Gasteiger charge is 2.27. The Bertz CT molecular complexity index is 3110. The lowest BCUT2D eigenvalue weighted by molar-refractivity contribution is 0.628. The zero-order chi connectivity index (χ0) is 34.2. The number of furan rings is 2. The van der Waals surface area contributed by atoms with Crippen LogP contribution in [0.3, 0.4) is 0 Å². The van der Waals surface area contributed by atoms with E-state index in [2.05, 4.69) is 133 Å². The summed E-state index contributed by atoms with van der Waals surface area (Å²) in [5, 5.41) is 12.6. The molecule has 1 atom stereocenters. The fraction of sp³-hybridized carbons (Fsp3) is 0.0213. The Balaban J connectivity index is 1.16. The van der Waals surface area contributed by atoms with Crippen molar-refractivity contribution < 1.29 is 8.83 Å². The van der Waals surface area contributed by atoms with E-state index in [0.29, 0.717) is 5.84 Å². The lowest BCUT2D eigenvalue weighted by Crippen LogP contribution is -2.33. The Morgan fingerprint density at radius 1 is 0.462 bits per heavy atom. The molecule has 52 heavy (non-hydrogen) atoms. The molecular formula is C47H29N3O2. The number of amidine groups is 2. The van der Waals surface area contributed by atoms with Crippen molar-refractivity contribution in [3.8, 4) is 11.1 Å². The normalized spacial score (nSPS) is 14.7. The van der Waals surface area contributed by atoms with Crippen LogP contribution < -0.4 is 5.32 Å². The number of nitrogens with one attached hydrogen (secondary N) is 1. The van der Waals surface area contributed by atoms with Gasteiger partial charge in [-0.3, -0.25) is 0 Å². The van der Waals surface area contributed by atoms with Gasteiger partial charge in [-0.1, -0.05) is 127 Å². The topological polar surface area (TPSA) is 63.0 Å². The quantitative estimate of drug-likeness (QED) is 0.203. The maximum Gasteiger partial charge on any atom is 0.159 e. The summed E-state index contributed by atoms with van der Waals surface area (Å²) in [6, 6.07) is 56.9. The third-order valence-corrected chi connectivity index (χ3v) is 10.3. The zero-order valence-electron chi connectivity index (χ0n) is 27.9. The maximum atomic E-state index is 6.88. The third-order valence-electron chi connectivity index (χ3n) is 10.3. The first-order valence-electron chi connectivity index (χ1n) is 17.5. The molecule has 244 valence electrons. The van der Waals surface area contributed by atoms with Gasteiger partial charge in [0.15, 0.2) is 12.0 Å². The van der Waals surface area contributed by atoms with E-state index in [1.807, 2.05) is 36.4 Å². The summed E-state index contributed by atoms with van der Waals surface area (Å²) in [5.41, 5.74) is 8.28. The molecule has 0 radical (unpaired) electrons. The highest BCUT2D eigenvalue weighted by molar-refractivity contribution is 6.24. The number of hydrogen-bond donors (Lipinski definition) is 1. The molecule has 5 nitrogen and oxygen atoms in total. The summed E-state index contributed by atoms with van der Waals surface area (Å²) in [7, 11) is 0. The number of para-hydroxylation sites is 2. The van der Waals surface area contributed by atoms with Crippen molar-refractivity contribution in [1.82, 2.24) is 5.32 Å². The average molecular weight is 668 g/mol. The van der Waals surface area contributed by atoms with Crippen LogP contribution in [0.2, 0.25) is 0 Å². The first-order valence-corrected chi connectivity index (χ1v) is 17.5. The molecule has 1 aliphatic heterocycles. The van der Waals surface area contributed by atoms with Crippen molar-refractivity contribution >= 4 is 77.1 Å². The van der Waals surface area contributed by atoms with Crippen molar-refractivity contribution in [2.24, 2.45) is 9.98 Å². The molecule has 0 saturated heterocycles. The van der Waals surface area contributed by atoms with Crippen LogP contribution in [0, 0.1) is 0 Å². The summed E-state index contributed by atoms with van der Waals surface area (Å²) in [4.78, 5) is 10.5. The van der Waals surface area contributed by atoms with Gasteiger partial charge in [-0.25, -0.2) is 9.98 Å². The second-order valence-electron chi connectivity index (χ2n) is 13.4. The molecule has 8 aromatic carbocycles. The third kappa shape index (κ3) is 4.49. The molecule has 5 heteroatoms. The van der Waals surface area contributed by atoms with Crippen LogP contribution in [0.1, 0.15) is 22.9 Å². The van der Waals surface area contributed by atoms with Gasteiger partial charge < -0.3 is 14.2 Å². The van der Waals surface area contributed by atoms with E-state index in [9.17, 15) is 0 Å². The Hall–Kier alpha value is -6.98. The van der Waals surface area contributed by atoms with Gasteiger partial charge in [0.25, 0.3) is 0 Å². The van der Waals surface area contributed by atoms with E-state index >= 15 is 0 Å². The molecule has 0 fully saturated rings. The van der Waals surface area contributed by atoms with E-state index in [1.165, 1.54) is 10.8 Å². The summed E-state index contributed by atoms with van der Waals surface area (Å²) in [5.74, 6) is 1.37. The smallest absolute Gasteiger partial charge is 0.159 e. The van der Waals surface area contributed by atoms with Gasteiger partial charge in [-0.2, -0.15) is 0 Å². The van der Waals surface area contributed by atoms with Crippen LogP contribution in [-0.2, 0) is 0 Å². The predicted octanol–water partition coefficient (Wildman–Crippen LogP) is 12.0. The summed E-state index contributed by atoms with van der Waals surface area (Å²) in [6.45, 7) is 0. The first-order chi connectivity index (χ1) is 25.7. The minimum atomic E-state index is -0.457. The van der Waals surface area contributed by atoms with Crippen molar-refractivity contribution in [2.45, 2.75) is 6.17 Å². The van der Waals surface area contributed by atoms with E-state index in [4.69, 9.17) is 18.8 Å². The van der Waals surface area contributed by atoms with Gasteiger partial charge in [0.2, 0.25) is 0 Å². The number of aliphatic imine (C=N–C) groups is 2. The van der Waals surface area contributed by atoms with Crippen LogP contribution in [0.5, 0.6) is 0 Å². The largest absolute Gasteiger partial charge is 0.456 e. The minimum absolute atomic E-state index is 0.457. The molecule has 11 rings (SSSR count). The molecule has 0 aliphatic carbocycles. The molecule has 2 aromatic heterocycles. The second kappa shape index (κ2) is 11.3. The van der Waals surface area contributed by atoms with E-state index in [0.717, 1.165) is 88.3 Å². The predicted molar refractivity (Wildman–Crippen MR) is 213 cm³/mol. The molecule has 1 unspecified atom stereocenters. The monoisotopic (exact) mass is 667 g/mol. The molecule has 0 amide bonds. The fourth-order valence-electron chi connectivity index (χ4n) is 7.79. The Morgan fingerprint density at radius 2 is 1.15 bits per heavy atom. The highest BCUT2D eigenvalue weighted by Crippen LogP contribution is 2.41. The highest BCUT2D eigenvalue weighted by atomic mass is 16.3. The van der Waals surface area contributed by atoms with Crippen molar-refractivity contribution in [3.05, 3.63) is 180 Å². The molecule has 1 N–H and O–H groups in total. The fourth-order valence-corrected chi connectivity index (χ4v) is 7.79. The lowest BCUT2D eigenvalue weighted by Gasteiger charge is -2.24. The van der Waals surface area contributed by atoms with E-state index in [1.54, 1.807) is 0 Å². The van der Waals surface area contributed by atoms with E-state index < -0.39 is 6.17 Å². The molecule has 0 spiro atoms. The Kier molecular flexibility index (Phi) is 6.25. The van der Waals surface area contributed by atoms with Crippen molar-refractivity contribution in [1.29, 1.82) is 0 Å². The maximum absolute atomic E-state index is 6.88. The molecule has 0 saturated carbocycles.